The predicted octanol–water partition coefficient (Wildman–Crippen LogP) is 1.97. The molecule has 17 heavy (non-hydrogen) atoms. The van der Waals surface area contributed by atoms with Crippen LogP contribution in [-0.4, -0.2) is 24.1 Å². The van der Waals surface area contributed by atoms with Crippen molar-refractivity contribution in [1.82, 2.24) is 10.3 Å². The highest BCUT2D eigenvalue weighted by molar-refractivity contribution is 7.22. The molecule has 0 aliphatic carbocycles. The van der Waals surface area contributed by atoms with Gasteiger partial charge in [0, 0.05) is 12.1 Å². The molecule has 1 aromatic carbocycles. The van der Waals surface area contributed by atoms with Gasteiger partial charge in [-0.15, -0.1) is 0 Å². The van der Waals surface area contributed by atoms with E-state index in [2.05, 4.69) is 10.3 Å². The minimum atomic E-state index is -0.426. The molecule has 1 aromatic heterocycles. The molecule has 0 atom stereocenters. The first-order valence-electron chi connectivity index (χ1n) is 5.21. The van der Waals surface area contributed by atoms with Crippen LogP contribution in [0.25, 0.3) is 10.2 Å². The summed E-state index contributed by atoms with van der Waals surface area (Å²) in [6, 6.07) is 5.19. The molecule has 1 heterocycles. The quantitative estimate of drug-likeness (QED) is 0.818. The summed E-state index contributed by atoms with van der Waals surface area (Å²) in [5, 5.41) is 3.13. The number of nitrogens with one attached hydrogen (secondary N) is 1. The van der Waals surface area contributed by atoms with E-state index in [1.807, 2.05) is 0 Å². The maximum atomic E-state index is 11.9. The third-order valence-corrected chi connectivity index (χ3v) is 3.11. The summed E-state index contributed by atoms with van der Waals surface area (Å²) >= 11 is 1.34. The Morgan fingerprint density at radius 3 is 3.12 bits per heavy atom. The van der Waals surface area contributed by atoms with Crippen LogP contribution in [0.3, 0.4) is 0 Å². The zero-order valence-corrected chi connectivity index (χ0v) is 9.89. The van der Waals surface area contributed by atoms with Crippen molar-refractivity contribution in [2.45, 2.75) is 6.42 Å². The van der Waals surface area contributed by atoms with Crippen molar-refractivity contribution < 1.29 is 9.18 Å². The number of alkyl halides is 1. The predicted molar refractivity (Wildman–Crippen MR) is 67.0 cm³/mol. The number of nitrogens with zero attached hydrogens (tertiary/aromatic N) is 1. The summed E-state index contributed by atoms with van der Waals surface area (Å²) < 4.78 is 12.8. The first kappa shape index (κ1) is 11.8. The third kappa shape index (κ3) is 2.71. The van der Waals surface area contributed by atoms with Gasteiger partial charge in [0.2, 0.25) is 0 Å². The van der Waals surface area contributed by atoms with Crippen LogP contribution in [0.5, 0.6) is 0 Å². The lowest BCUT2D eigenvalue weighted by Gasteiger charge is -2.03. The first-order chi connectivity index (χ1) is 8.20. The standard InChI is InChI=1S/C11H12FN3OS/c12-4-1-5-14-10(16)7-2-3-8-9(6-7)17-11(13)15-8/h2-3,6H,1,4-5H2,(H2,13,15)(H,14,16). The number of rotatable bonds is 4. The molecule has 3 N–H and O–H groups in total. The molecule has 2 aromatic rings. The van der Waals surface area contributed by atoms with Gasteiger partial charge < -0.3 is 11.1 Å². The maximum Gasteiger partial charge on any atom is 0.251 e. The highest BCUT2D eigenvalue weighted by Crippen LogP contribution is 2.24. The summed E-state index contributed by atoms with van der Waals surface area (Å²) in [7, 11) is 0. The number of aromatic nitrogens is 1. The molecule has 6 heteroatoms. The summed E-state index contributed by atoms with van der Waals surface area (Å²) in [4.78, 5) is 15.8. The molecule has 0 fully saturated rings. The van der Waals surface area contributed by atoms with Gasteiger partial charge in [0.05, 0.1) is 16.9 Å². The SMILES string of the molecule is Nc1nc2ccc(C(=O)NCCCF)cc2s1. The van der Waals surface area contributed by atoms with Gasteiger partial charge in [0.1, 0.15) is 0 Å². The van der Waals surface area contributed by atoms with Crippen LogP contribution in [0.4, 0.5) is 9.52 Å². The number of fused-ring (bicyclic) bond motifs is 1. The number of thiazole rings is 1. The van der Waals surface area contributed by atoms with Crippen LogP contribution in [0.15, 0.2) is 18.2 Å². The first-order valence-corrected chi connectivity index (χ1v) is 6.02. The fourth-order valence-electron chi connectivity index (χ4n) is 1.45. The molecule has 90 valence electrons. The summed E-state index contributed by atoms with van der Waals surface area (Å²) in [6.07, 6.45) is 0.335. The van der Waals surface area contributed by atoms with Crippen LogP contribution in [-0.2, 0) is 0 Å². The number of anilines is 1. The van der Waals surface area contributed by atoms with E-state index in [1.165, 1.54) is 11.3 Å². The zero-order valence-electron chi connectivity index (χ0n) is 9.07. The van der Waals surface area contributed by atoms with E-state index in [0.29, 0.717) is 23.7 Å². The Bertz CT molecular complexity index is 540. The van der Waals surface area contributed by atoms with E-state index < -0.39 is 6.67 Å². The molecule has 0 saturated heterocycles. The Balaban J connectivity index is 2.15. The van der Waals surface area contributed by atoms with Crippen molar-refractivity contribution in [3.63, 3.8) is 0 Å². The van der Waals surface area contributed by atoms with Crippen LogP contribution in [0.1, 0.15) is 16.8 Å². The molecule has 1 amide bonds. The smallest absolute Gasteiger partial charge is 0.251 e. The Kier molecular flexibility index (Phi) is 3.53. The summed E-state index contributed by atoms with van der Waals surface area (Å²) in [5.41, 5.74) is 6.91. The van der Waals surface area contributed by atoms with Gasteiger partial charge in [-0.25, -0.2) is 4.98 Å². The highest BCUT2D eigenvalue weighted by atomic mass is 32.1. The molecule has 0 radical (unpaired) electrons. The Morgan fingerprint density at radius 2 is 2.35 bits per heavy atom. The van der Waals surface area contributed by atoms with Gasteiger partial charge in [0.25, 0.3) is 5.91 Å². The van der Waals surface area contributed by atoms with E-state index in [1.54, 1.807) is 18.2 Å². The topological polar surface area (TPSA) is 68.0 Å². The van der Waals surface area contributed by atoms with Gasteiger partial charge in [-0.2, -0.15) is 0 Å². The second kappa shape index (κ2) is 5.09. The monoisotopic (exact) mass is 253 g/mol. The van der Waals surface area contributed by atoms with Crippen molar-refractivity contribution in [3.8, 4) is 0 Å². The second-order valence-electron chi connectivity index (χ2n) is 3.53. The van der Waals surface area contributed by atoms with Crippen LogP contribution in [0.2, 0.25) is 0 Å². The summed E-state index contributed by atoms with van der Waals surface area (Å²) in [6.45, 7) is -0.0805. The molecular weight excluding hydrogens is 241 g/mol. The number of carbonyl (C=O) groups is 1. The highest BCUT2D eigenvalue weighted by Gasteiger charge is 2.07. The minimum absolute atomic E-state index is 0.202. The van der Waals surface area contributed by atoms with Gasteiger partial charge >= 0.3 is 0 Å². The largest absolute Gasteiger partial charge is 0.375 e. The summed E-state index contributed by atoms with van der Waals surface area (Å²) in [5.74, 6) is -0.202. The fraction of sp³-hybridized carbons (Fsp3) is 0.273. The molecule has 0 spiro atoms. The average Bonchev–Trinajstić information content (AvgIpc) is 2.68. The van der Waals surface area contributed by atoms with Gasteiger partial charge in [0.15, 0.2) is 5.13 Å². The molecule has 4 nitrogen and oxygen atoms in total. The molecule has 0 bridgehead atoms. The number of nitrogen functional groups attached to an aromatic ring is 1. The molecule has 2 rings (SSSR count). The Morgan fingerprint density at radius 1 is 1.53 bits per heavy atom. The van der Waals surface area contributed by atoms with E-state index in [4.69, 9.17) is 5.73 Å². The van der Waals surface area contributed by atoms with E-state index >= 15 is 0 Å². The number of nitrogens with two attached hydrogens (primary N) is 1. The molecule has 0 unspecified atom stereocenters. The normalized spacial score (nSPS) is 10.6. The molecular formula is C11H12FN3OS. The van der Waals surface area contributed by atoms with Crippen molar-refractivity contribution in [3.05, 3.63) is 23.8 Å². The lowest BCUT2D eigenvalue weighted by Crippen LogP contribution is -2.24. The van der Waals surface area contributed by atoms with Crippen LogP contribution < -0.4 is 11.1 Å². The number of hydrogen-bond acceptors (Lipinski definition) is 4. The number of halogens is 1. The van der Waals surface area contributed by atoms with Crippen LogP contribution >= 0.6 is 11.3 Å². The van der Waals surface area contributed by atoms with Crippen molar-refractivity contribution in [2.24, 2.45) is 0 Å². The lowest BCUT2D eigenvalue weighted by molar-refractivity contribution is 0.0953. The average molecular weight is 253 g/mol. The molecule has 0 aliphatic heterocycles. The molecule has 0 saturated carbocycles. The van der Waals surface area contributed by atoms with Crippen molar-refractivity contribution >= 4 is 32.6 Å². The number of carbonyl (C=O) groups excluding carboxylic acids is 1. The molecule has 0 aliphatic rings. The van der Waals surface area contributed by atoms with Gasteiger partial charge in [-0.1, -0.05) is 11.3 Å². The third-order valence-electron chi connectivity index (χ3n) is 2.26. The minimum Gasteiger partial charge on any atom is -0.375 e. The number of hydrogen-bond donors (Lipinski definition) is 2. The lowest BCUT2D eigenvalue weighted by atomic mass is 10.2. The van der Waals surface area contributed by atoms with Crippen LogP contribution in [0, 0.1) is 0 Å². The van der Waals surface area contributed by atoms with Crippen molar-refractivity contribution in [1.29, 1.82) is 0 Å². The van der Waals surface area contributed by atoms with Crippen molar-refractivity contribution in [2.75, 3.05) is 19.0 Å². The van der Waals surface area contributed by atoms with E-state index in [9.17, 15) is 9.18 Å². The number of amides is 1. The Hall–Kier alpha value is -1.69. The Labute approximate surface area is 102 Å². The number of benzene rings is 1. The second-order valence-corrected chi connectivity index (χ2v) is 4.60. The van der Waals surface area contributed by atoms with Gasteiger partial charge in [-0.3, -0.25) is 9.18 Å². The maximum absolute atomic E-state index is 11.9. The van der Waals surface area contributed by atoms with E-state index in [-0.39, 0.29) is 5.91 Å². The zero-order chi connectivity index (χ0) is 12.3. The fourth-order valence-corrected chi connectivity index (χ4v) is 2.23. The van der Waals surface area contributed by atoms with E-state index in [0.717, 1.165) is 10.2 Å². The van der Waals surface area contributed by atoms with Gasteiger partial charge in [-0.05, 0) is 24.6 Å².